The summed E-state index contributed by atoms with van der Waals surface area (Å²) in [5.74, 6) is -1.56. The van der Waals surface area contributed by atoms with Crippen LogP contribution in [0.4, 0.5) is 8.78 Å². The summed E-state index contributed by atoms with van der Waals surface area (Å²) in [6, 6.07) is 3.68. The highest BCUT2D eigenvalue weighted by Crippen LogP contribution is 2.36. The Labute approximate surface area is 168 Å². The lowest BCUT2D eigenvalue weighted by Crippen LogP contribution is -2.32. The van der Waals surface area contributed by atoms with Gasteiger partial charge in [-0.15, -0.1) is 0 Å². The summed E-state index contributed by atoms with van der Waals surface area (Å²) >= 11 is 0. The zero-order chi connectivity index (χ0) is 20.5. The number of methoxy groups -OCH3 is 1. The van der Waals surface area contributed by atoms with E-state index in [0.717, 1.165) is 37.1 Å². The Bertz CT molecular complexity index is 940. The largest absolute Gasteiger partial charge is 0.379 e. The molecular weight excluding hydrogens is 376 g/mol. The van der Waals surface area contributed by atoms with Crippen LogP contribution in [0.3, 0.4) is 0 Å². The number of carbonyl (C=O) groups excluding carboxylic acids is 1. The summed E-state index contributed by atoms with van der Waals surface area (Å²) in [5, 5.41) is 3.20. The number of halogens is 2. The third-order valence-corrected chi connectivity index (χ3v) is 5.98. The smallest absolute Gasteiger partial charge is 0.180 e. The van der Waals surface area contributed by atoms with Gasteiger partial charge in [0.1, 0.15) is 0 Å². The van der Waals surface area contributed by atoms with E-state index in [9.17, 15) is 13.6 Å². The average Bonchev–Trinajstić information content (AvgIpc) is 3.30. The fraction of sp³-hybridized carbons (Fsp3) is 0.455. The van der Waals surface area contributed by atoms with E-state index in [-0.39, 0.29) is 36.3 Å². The number of rotatable bonds is 4. The number of aryl methyl sites for hydroxylation is 1. The molecule has 1 N–H and O–H groups in total. The third kappa shape index (κ3) is 4.10. The van der Waals surface area contributed by atoms with Gasteiger partial charge in [0.25, 0.3) is 0 Å². The van der Waals surface area contributed by atoms with Gasteiger partial charge in [-0.1, -0.05) is 12.1 Å². The number of allylic oxidation sites excluding steroid dienone is 2. The minimum Gasteiger partial charge on any atom is -0.379 e. The Morgan fingerprint density at radius 3 is 2.79 bits per heavy atom. The van der Waals surface area contributed by atoms with Crippen LogP contribution in [-0.4, -0.2) is 28.5 Å². The maximum atomic E-state index is 13.5. The third-order valence-electron chi connectivity index (χ3n) is 5.98. The van der Waals surface area contributed by atoms with Crippen molar-refractivity contribution in [3.63, 3.8) is 0 Å². The molecule has 4 unspecified atom stereocenters. The minimum absolute atomic E-state index is 0.000979. The number of imidazole rings is 1. The number of benzene rings is 1. The summed E-state index contributed by atoms with van der Waals surface area (Å²) in [6.07, 6.45) is 8.84. The van der Waals surface area contributed by atoms with Gasteiger partial charge in [-0.05, 0) is 49.8 Å². The second-order valence-electron chi connectivity index (χ2n) is 7.96. The van der Waals surface area contributed by atoms with Gasteiger partial charge in [-0.3, -0.25) is 4.79 Å². The van der Waals surface area contributed by atoms with Crippen molar-refractivity contribution < 1.29 is 18.3 Å². The van der Waals surface area contributed by atoms with Crippen LogP contribution in [0.15, 0.2) is 42.5 Å². The van der Waals surface area contributed by atoms with E-state index in [4.69, 9.17) is 4.74 Å². The SMILES string of the molecule is COC1CC(C=C2NC(c3ccc(F)c(F)c3)CC2=O)CCC1n1cnc(C)c1. The number of Topliss-reactive ketones (excluding diaryl/α,β-unsaturated/α-hetero) is 1. The molecule has 154 valence electrons. The standard InChI is InChI=1S/C22H25F2N3O2/c1-13-11-27(12-25-13)20-6-3-14(8-22(20)29-2)7-19-21(28)10-18(26-19)15-4-5-16(23)17(24)9-15/h4-5,7,9,11-12,14,18,20,22,26H,3,6,8,10H2,1-2H3. The first kappa shape index (κ1) is 19.8. The van der Waals surface area contributed by atoms with Crippen LogP contribution < -0.4 is 5.32 Å². The fourth-order valence-corrected chi connectivity index (χ4v) is 4.43. The maximum absolute atomic E-state index is 13.5. The lowest BCUT2D eigenvalue weighted by atomic mass is 9.83. The maximum Gasteiger partial charge on any atom is 0.180 e. The predicted molar refractivity (Wildman–Crippen MR) is 104 cm³/mol. The summed E-state index contributed by atoms with van der Waals surface area (Å²) in [6.45, 7) is 1.97. The monoisotopic (exact) mass is 401 g/mol. The highest BCUT2D eigenvalue weighted by atomic mass is 19.2. The average molecular weight is 401 g/mol. The Hall–Kier alpha value is -2.54. The van der Waals surface area contributed by atoms with E-state index in [1.165, 1.54) is 6.07 Å². The Morgan fingerprint density at radius 1 is 1.28 bits per heavy atom. The first-order valence-electron chi connectivity index (χ1n) is 9.94. The van der Waals surface area contributed by atoms with Crippen molar-refractivity contribution in [2.24, 2.45) is 5.92 Å². The molecule has 0 radical (unpaired) electrons. The van der Waals surface area contributed by atoms with Gasteiger partial charge in [0.05, 0.1) is 35.9 Å². The van der Waals surface area contributed by atoms with E-state index >= 15 is 0 Å². The van der Waals surface area contributed by atoms with E-state index in [1.807, 2.05) is 25.5 Å². The highest BCUT2D eigenvalue weighted by molar-refractivity contribution is 5.97. The normalized spacial score (nSPS) is 28.7. The van der Waals surface area contributed by atoms with Crippen LogP contribution in [0.1, 0.15) is 49.0 Å². The Balaban J connectivity index is 1.45. The summed E-state index contributed by atoms with van der Waals surface area (Å²) in [5.41, 5.74) is 2.12. The van der Waals surface area contributed by atoms with Gasteiger partial charge >= 0.3 is 0 Å². The molecule has 4 atom stereocenters. The fourth-order valence-electron chi connectivity index (χ4n) is 4.43. The molecule has 2 heterocycles. The molecule has 1 saturated carbocycles. The molecule has 4 rings (SSSR count). The second-order valence-corrected chi connectivity index (χ2v) is 7.96. The zero-order valence-corrected chi connectivity index (χ0v) is 16.6. The zero-order valence-electron chi connectivity index (χ0n) is 16.6. The number of hydrogen-bond donors (Lipinski definition) is 1. The van der Waals surface area contributed by atoms with Crippen molar-refractivity contribution in [2.45, 2.75) is 50.8 Å². The molecular formula is C22H25F2N3O2. The van der Waals surface area contributed by atoms with E-state index in [1.54, 1.807) is 7.11 Å². The van der Waals surface area contributed by atoms with Gasteiger partial charge in [-0.2, -0.15) is 0 Å². The van der Waals surface area contributed by atoms with Crippen LogP contribution in [0, 0.1) is 24.5 Å². The summed E-state index contributed by atoms with van der Waals surface area (Å²) in [4.78, 5) is 16.8. The van der Waals surface area contributed by atoms with Crippen molar-refractivity contribution in [3.05, 3.63) is 65.4 Å². The highest BCUT2D eigenvalue weighted by Gasteiger charge is 2.33. The minimum atomic E-state index is -0.898. The van der Waals surface area contributed by atoms with Gasteiger partial charge in [0.2, 0.25) is 0 Å². The first-order valence-corrected chi connectivity index (χ1v) is 9.94. The van der Waals surface area contributed by atoms with Crippen LogP contribution in [0.5, 0.6) is 0 Å². The molecule has 0 spiro atoms. The van der Waals surface area contributed by atoms with Crippen molar-refractivity contribution in [1.29, 1.82) is 0 Å². The first-order chi connectivity index (χ1) is 13.9. The number of ether oxygens (including phenoxy) is 1. The Kier molecular flexibility index (Phi) is 5.50. The van der Waals surface area contributed by atoms with Crippen molar-refractivity contribution in [2.75, 3.05) is 7.11 Å². The van der Waals surface area contributed by atoms with Gasteiger partial charge in [-0.25, -0.2) is 13.8 Å². The van der Waals surface area contributed by atoms with Crippen LogP contribution in [0.25, 0.3) is 0 Å². The van der Waals surface area contributed by atoms with Crippen molar-refractivity contribution >= 4 is 5.78 Å². The van der Waals surface area contributed by atoms with Gasteiger partial charge in [0, 0.05) is 19.7 Å². The number of nitrogens with zero attached hydrogens (tertiary/aromatic N) is 2. The van der Waals surface area contributed by atoms with E-state index < -0.39 is 11.6 Å². The topological polar surface area (TPSA) is 56.1 Å². The molecule has 1 aromatic heterocycles. The van der Waals surface area contributed by atoms with Crippen LogP contribution in [-0.2, 0) is 9.53 Å². The number of carbonyl (C=O) groups is 1. The van der Waals surface area contributed by atoms with Crippen LogP contribution >= 0.6 is 0 Å². The molecule has 1 aliphatic heterocycles. The molecule has 2 fully saturated rings. The molecule has 29 heavy (non-hydrogen) atoms. The molecule has 5 nitrogen and oxygen atoms in total. The molecule has 0 amide bonds. The molecule has 1 aromatic carbocycles. The lowest BCUT2D eigenvalue weighted by Gasteiger charge is -2.35. The van der Waals surface area contributed by atoms with E-state index in [2.05, 4.69) is 14.9 Å². The molecule has 2 aromatic rings. The molecule has 1 aliphatic carbocycles. The van der Waals surface area contributed by atoms with Gasteiger partial charge < -0.3 is 14.6 Å². The van der Waals surface area contributed by atoms with Crippen LogP contribution in [0.2, 0.25) is 0 Å². The summed E-state index contributed by atoms with van der Waals surface area (Å²) < 4.78 is 34.6. The Morgan fingerprint density at radius 2 is 2.10 bits per heavy atom. The number of hydrogen-bond acceptors (Lipinski definition) is 4. The number of nitrogens with one attached hydrogen (secondary N) is 1. The molecule has 2 aliphatic rings. The second kappa shape index (κ2) is 8.06. The number of aromatic nitrogens is 2. The van der Waals surface area contributed by atoms with Crippen molar-refractivity contribution in [3.8, 4) is 0 Å². The molecule has 7 heteroatoms. The van der Waals surface area contributed by atoms with Crippen molar-refractivity contribution in [1.82, 2.24) is 14.9 Å². The molecule has 0 bridgehead atoms. The van der Waals surface area contributed by atoms with Gasteiger partial charge in [0.15, 0.2) is 17.4 Å². The quantitative estimate of drug-likeness (QED) is 0.787. The molecule has 1 saturated heterocycles. The van der Waals surface area contributed by atoms with E-state index in [0.29, 0.717) is 11.3 Å². The predicted octanol–water partition coefficient (Wildman–Crippen LogP) is 4.01. The number of ketones is 1. The summed E-state index contributed by atoms with van der Waals surface area (Å²) in [7, 11) is 1.72. The lowest BCUT2D eigenvalue weighted by molar-refractivity contribution is -0.114.